The van der Waals surface area contributed by atoms with Crippen LogP contribution in [0.5, 0.6) is 0 Å². The summed E-state index contributed by atoms with van der Waals surface area (Å²) < 4.78 is 1.91. The van der Waals surface area contributed by atoms with Gasteiger partial charge in [-0.05, 0) is 12.8 Å². The molecule has 0 spiro atoms. The van der Waals surface area contributed by atoms with Gasteiger partial charge >= 0.3 is 0 Å². The summed E-state index contributed by atoms with van der Waals surface area (Å²) in [4.78, 5) is 0. The van der Waals surface area contributed by atoms with E-state index in [2.05, 4.69) is 29.7 Å². The van der Waals surface area contributed by atoms with Gasteiger partial charge in [0.05, 0.1) is 24.7 Å². The molecule has 1 aromatic heterocycles. The van der Waals surface area contributed by atoms with Crippen molar-refractivity contribution in [3.05, 3.63) is 42.1 Å². The molecule has 0 aliphatic heterocycles. The second kappa shape index (κ2) is 7.94. The zero-order valence-corrected chi connectivity index (χ0v) is 13.5. The van der Waals surface area contributed by atoms with Gasteiger partial charge in [-0.25, -0.2) is 0 Å². The van der Waals surface area contributed by atoms with E-state index in [0.29, 0.717) is 19.0 Å². The minimum absolute atomic E-state index is 0.491. The van der Waals surface area contributed by atoms with Crippen LogP contribution in [-0.4, -0.2) is 15.8 Å². The lowest BCUT2D eigenvalue weighted by Crippen LogP contribution is -2.30. The van der Waals surface area contributed by atoms with E-state index in [1.54, 1.807) is 0 Å². The minimum Gasteiger partial charge on any atom is -0.310 e. The van der Waals surface area contributed by atoms with Crippen LogP contribution in [0.25, 0.3) is 11.3 Å². The van der Waals surface area contributed by atoms with Crippen molar-refractivity contribution >= 4 is 0 Å². The van der Waals surface area contributed by atoms with E-state index in [1.165, 1.54) is 37.7 Å². The molecule has 1 aliphatic carbocycles. The Bertz CT molecular complexity index is 648. The van der Waals surface area contributed by atoms with Gasteiger partial charge in [-0.1, -0.05) is 49.6 Å². The normalized spacial score (nSPS) is 15.4. The van der Waals surface area contributed by atoms with E-state index in [-0.39, 0.29) is 0 Å². The average molecular weight is 308 g/mol. The second-order valence-electron chi connectivity index (χ2n) is 6.26. The molecule has 0 radical (unpaired) electrons. The molecule has 4 heteroatoms. The van der Waals surface area contributed by atoms with Crippen molar-refractivity contribution in [3.63, 3.8) is 0 Å². The monoisotopic (exact) mass is 308 g/mol. The van der Waals surface area contributed by atoms with Crippen LogP contribution >= 0.6 is 0 Å². The number of nitrogens with zero attached hydrogens (tertiary/aromatic N) is 3. The third-order valence-corrected chi connectivity index (χ3v) is 4.52. The largest absolute Gasteiger partial charge is 0.310 e. The molecule has 0 saturated heterocycles. The zero-order valence-electron chi connectivity index (χ0n) is 13.5. The predicted molar refractivity (Wildman–Crippen MR) is 91.6 cm³/mol. The van der Waals surface area contributed by atoms with Crippen LogP contribution in [-0.2, 0) is 13.1 Å². The SMILES string of the molecule is N#CCCn1cc(CNC2CCCCC2)c(-c2ccccc2)n1. The summed E-state index contributed by atoms with van der Waals surface area (Å²) >= 11 is 0. The van der Waals surface area contributed by atoms with Crippen molar-refractivity contribution in [1.82, 2.24) is 15.1 Å². The molecular formula is C19H24N4. The summed E-state index contributed by atoms with van der Waals surface area (Å²) in [6.45, 7) is 1.50. The van der Waals surface area contributed by atoms with Gasteiger partial charge in [0.1, 0.15) is 0 Å². The fourth-order valence-electron chi connectivity index (χ4n) is 3.27. The summed E-state index contributed by atoms with van der Waals surface area (Å²) in [5.74, 6) is 0. The molecule has 1 fully saturated rings. The molecule has 2 aromatic rings. The fraction of sp³-hybridized carbons (Fsp3) is 0.474. The molecule has 1 N–H and O–H groups in total. The van der Waals surface area contributed by atoms with Crippen LogP contribution in [0.15, 0.2) is 36.5 Å². The zero-order chi connectivity index (χ0) is 15.9. The molecule has 0 unspecified atom stereocenters. The first kappa shape index (κ1) is 15.8. The lowest BCUT2D eigenvalue weighted by Gasteiger charge is -2.22. The highest BCUT2D eigenvalue weighted by Crippen LogP contribution is 2.23. The van der Waals surface area contributed by atoms with E-state index >= 15 is 0 Å². The van der Waals surface area contributed by atoms with Crippen molar-refractivity contribution in [1.29, 1.82) is 5.26 Å². The van der Waals surface area contributed by atoms with Crippen LogP contribution in [0.1, 0.15) is 44.1 Å². The first-order valence-electron chi connectivity index (χ1n) is 8.59. The third kappa shape index (κ3) is 4.20. The van der Waals surface area contributed by atoms with Crippen LogP contribution in [0.2, 0.25) is 0 Å². The van der Waals surface area contributed by atoms with Gasteiger partial charge in [-0.3, -0.25) is 4.68 Å². The number of benzene rings is 1. The van der Waals surface area contributed by atoms with Crippen LogP contribution in [0.4, 0.5) is 0 Å². The van der Waals surface area contributed by atoms with E-state index in [0.717, 1.165) is 17.8 Å². The molecule has 1 saturated carbocycles. The molecule has 0 amide bonds. The Balaban J connectivity index is 1.76. The van der Waals surface area contributed by atoms with Crippen LogP contribution in [0, 0.1) is 11.3 Å². The number of nitriles is 1. The maximum absolute atomic E-state index is 8.79. The highest BCUT2D eigenvalue weighted by atomic mass is 15.3. The molecule has 3 rings (SSSR count). The van der Waals surface area contributed by atoms with Crippen molar-refractivity contribution in [3.8, 4) is 17.3 Å². The number of hydrogen-bond donors (Lipinski definition) is 1. The molecule has 1 aromatic carbocycles. The third-order valence-electron chi connectivity index (χ3n) is 4.52. The lowest BCUT2D eigenvalue weighted by molar-refractivity contribution is 0.372. The Hall–Kier alpha value is -2.12. The maximum atomic E-state index is 8.79. The summed E-state index contributed by atoms with van der Waals surface area (Å²) in [6, 6.07) is 13.1. The first-order chi connectivity index (χ1) is 11.4. The van der Waals surface area contributed by atoms with E-state index in [1.807, 2.05) is 22.9 Å². The predicted octanol–water partition coefficient (Wildman–Crippen LogP) is 3.89. The molecule has 4 nitrogen and oxygen atoms in total. The highest BCUT2D eigenvalue weighted by Gasteiger charge is 2.15. The lowest BCUT2D eigenvalue weighted by atomic mass is 9.95. The van der Waals surface area contributed by atoms with Crippen molar-refractivity contribution in [2.24, 2.45) is 0 Å². The smallest absolute Gasteiger partial charge is 0.0968 e. The standard InChI is InChI=1S/C19H24N4/c20-12-7-13-23-15-17(14-21-18-10-5-2-6-11-18)19(22-23)16-8-3-1-4-9-16/h1,3-4,8-9,15,18,21H,2,5-7,10-11,13-14H2. The Morgan fingerprint density at radius 1 is 1.17 bits per heavy atom. The molecule has 1 aliphatic rings. The van der Waals surface area contributed by atoms with Gasteiger partial charge in [0.2, 0.25) is 0 Å². The number of aromatic nitrogens is 2. The van der Waals surface area contributed by atoms with Crippen LogP contribution in [0.3, 0.4) is 0 Å². The molecule has 0 atom stereocenters. The van der Waals surface area contributed by atoms with Crippen molar-refractivity contribution in [2.45, 2.75) is 57.7 Å². The van der Waals surface area contributed by atoms with Gasteiger partial charge in [0.15, 0.2) is 0 Å². The Kier molecular flexibility index (Phi) is 5.44. The van der Waals surface area contributed by atoms with Gasteiger partial charge < -0.3 is 5.32 Å². The molecule has 23 heavy (non-hydrogen) atoms. The fourth-order valence-corrected chi connectivity index (χ4v) is 3.27. The summed E-state index contributed by atoms with van der Waals surface area (Å²) in [6.07, 6.45) is 9.20. The number of hydrogen-bond acceptors (Lipinski definition) is 3. The summed E-state index contributed by atoms with van der Waals surface area (Å²) in [5.41, 5.74) is 3.40. The Morgan fingerprint density at radius 3 is 2.70 bits per heavy atom. The number of rotatable bonds is 6. The van der Waals surface area contributed by atoms with Gasteiger partial charge in [0.25, 0.3) is 0 Å². The Labute approximate surface area is 138 Å². The van der Waals surface area contributed by atoms with E-state index < -0.39 is 0 Å². The minimum atomic E-state index is 0.491. The van der Waals surface area contributed by atoms with E-state index in [9.17, 15) is 0 Å². The summed E-state index contributed by atoms with van der Waals surface area (Å²) in [7, 11) is 0. The second-order valence-corrected chi connectivity index (χ2v) is 6.26. The van der Waals surface area contributed by atoms with E-state index in [4.69, 9.17) is 10.4 Å². The molecule has 1 heterocycles. The van der Waals surface area contributed by atoms with Crippen LogP contribution < -0.4 is 5.32 Å². The molecule has 0 bridgehead atoms. The Morgan fingerprint density at radius 2 is 1.96 bits per heavy atom. The first-order valence-corrected chi connectivity index (χ1v) is 8.59. The molecule has 120 valence electrons. The van der Waals surface area contributed by atoms with Crippen molar-refractivity contribution in [2.75, 3.05) is 0 Å². The van der Waals surface area contributed by atoms with Crippen molar-refractivity contribution < 1.29 is 0 Å². The number of aryl methyl sites for hydroxylation is 1. The number of nitrogens with one attached hydrogen (secondary N) is 1. The molecular weight excluding hydrogens is 284 g/mol. The maximum Gasteiger partial charge on any atom is 0.0968 e. The quantitative estimate of drug-likeness (QED) is 0.881. The van der Waals surface area contributed by atoms with Gasteiger partial charge in [-0.15, -0.1) is 0 Å². The highest BCUT2D eigenvalue weighted by molar-refractivity contribution is 5.62. The average Bonchev–Trinajstić information content (AvgIpc) is 3.03. The summed E-state index contributed by atoms with van der Waals surface area (Å²) in [5, 5.41) is 17.2. The van der Waals surface area contributed by atoms with Gasteiger partial charge in [0, 0.05) is 29.9 Å². The van der Waals surface area contributed by atoms with Gasteiger partial charge in [-0.2, -0.15) is 10.4 Å². The topological polar surface area (TPSA) is 53.6 Å².